The Balaban J connectivity index is 1.98. The second kappa shape index (κ2) is 6.41. The Morgan fingerprint density at radius 2 is 1.89 bits per heavy atom. The van der Waals surface area contributed by atoms with E-state index < -0.39 is 0 Å². The van der Waals surface area contributed by atoms with Crippen molar-refractivity contribution < 1.29 is 0 Å². The summed E-state index contributed by atoms with van der Waals surface area (Å²) in [6.07, 6.45) is 6.95. The Kier molecular flexibility index (Phi) is 4.87. The minimum atomic E-state index is 0.821. The van der Waals surface area contributed by atoms with Gasteiger partial charge in [-0.3, -0.25) is 0 Å². The number of aromatic nitrogens is 2. The first-order valence-corrected chi connectivity index (χ1v) is 7.89. The Hall–Kier alpha value is -0.770. The van der Waals surface area contributed by atoms with Crippen LogP contribution in [-0.4, -0.2) is 22.3 Å². The molecule has 1 saturated carbocycles. The van der Waals surface area contributed by atoms with Gasteiger partial charge in [0.25, 0.3) is 0 Å². The van der Waals surface area contributed by atoms with Crippen molar-refractivity contribution in [2.24, 2.45) is 0 Å². The molecule has 0 radical (unpaired) electrons. The predicted molar refractivity (Wildman–Crippen MR) is 79.2 cm³/mol. The highest BCUT2D eigenvalue weighted by Crippen LogP contribution is 2.30. The lowest BCUT2D eigenvalue weighted by atomic mass is 10.0. The number of rotatable bonds is 4. The summed E-state index contributed by atoms with van der Waals surface area (Å²) in [7, 11) is 1.92. The van der Waals surface area contributed by atoms with E-state index in [0.29, 0.717) is 0 Å². The van der Waals surface area contributed by atoms with Crippen molar-refractivity contribution in [3.05, 3.63) is 17.1 Å². The lowest BCUT2D eigenvalue weighted by Gasteiger charge is -2.20. The van der Waals surface area contributed by atoms with Crippen molar-refractivity contribution in [3.8, 4) is 0 Å². The second-order valence-corrected chi connectivity index (χ2v) is 6.31. The smallest absolute Gasteiger partial charge is 0.140 e. The van der Waals surface area contributed by atoms with Crippen LogP contribution in [0.25, 0.3) is 0 Å². The summed E-state index contributed by atoms with van der Waals surface area (Å²) < 4.78 is 0. The van der Waals surface area contributed by atoms with Crippen molar-refractivity contribution in [1.82, 2.24) is 9.97 Å². The van der Waals surface area contributed by atoms with Gasteiger partial charge < -0.3 is 5.32 Å². The molecule has 100 valence electrons. The van der Waals surface area contributed by atoms with Crippen LogP contribution in [0.5, 0.6) is 0 Å². The summed E-state index contributed by atoms with van der Waals surface area (Å²) in [6, 6.07) is 0. The highest BCUT2D eigenvalue weighted by molar-refractivity contribution is 7.99. The number of aryl methyl sites for hydroxylation is 1. The SMILES string of the molecule is CNc1nc(CSC2CCCCC2)nc(C)c1C. The molecule has 1 aliphatic rings. The molecule has 1 heterocycles. The van der Waals surface area contributed by atoms with Gasteiger partial charge in [0.1, 0.15) is 11.6 Å². The molecular formula is C14H23N3S. The maximum atomic E-state index is 4.59. The highest BCUT2D eigenvalue weighted by Gasteiger charge is 2.15. The first kappa shape index (κ1) is 13.7. The van der Waals surface area contributed by atoms with E-state index in [4.69, 9.17) is 0 Å². The molecule has 1 aliphatic carbocycles. The molecule has 0 amide bonds. The summed E-state index contributed by atoms with van der Waals surface area (Å²) in [5.41, 5.74) is 2.25. The summed E-state index contributed by atoms with van der Waals surface area (Å²) >= 11 is 2.03. The molecule has 1 aromatic rings. The minimum Gasteiger partial charge on any atom is -0.373 e. The van der Waals surface area contributed by atoms with Crippen LogP contribution in [-0.2, 0) is 5.75 Å². The second-order valence-electron chi connectivity index (χ2n) is 5.02. The van der Waals surface area contributed by atoms with E-state index in [2.05, 4.69) is 29.1 Å². The molecule has 0 saturated heterocycles. The van der Waals surface area contributed by atoms with Gasteiger partial charge in [0.05, 0.1) is 5.75 Å². The van der Waals surface area contributed by atoms with Gasteiger partial charge in [-0.15, -0.1) is 0 Å². The first-order chi connectivity index (χ1) is 8.70. The molecule has 1 aromatic heterocycles. The zero-order valence-electron chi connectivity index (χ0n) is 11.6. The Morgan fingerprint density at radius 1 is 1.17 bits per heavy atom. The minimum absolute atomic E-state index is 0.821. The van der Waals surface area contributed by atoms with E-state index >= 15 is 0 Å². The van der Waals surface area contributed by atoms with Crippen LogP contribution >= 0.6 is 11.8 Å². The van der Waals surface area contributed by atoms with Crippen LogP contribution in [0.2, 0.25) is 0 Å². The first-order valence-electron chi connectivity index (χ1n) is 6.84. The van der Waals surface area contributed by atoms with E-state index in [1.807, 2.05) is 18.8 Å². The molecule has 4 heteroatoms. The largest absolute Gasteiger partial charge is 0.373 e. The van der Waals surface area contributed by atoms with Crippen LogP contribution in [0.3, 0.4) is 0 Å². The van der Waals surface area contributed by atoms with Gasteiger partial charge in [-0.2, -0.15) is 11.8 Å². The molecule has 0 bridgehead atoms. The monoisotopic (exact) mass is 265 g/mol. The van der Waals surface area contributed by atoms with Crippen LogP contribution in [0.1, 0.15) is 49.2 Å². The average molecular weight is 265 g/mol. The molecular weight excluding hydrogens is 242 g/mol. The summed E-state index contributed by atoms with van der Waals surface area (Å²) in [5, 5.41) is 3.98. The van der Waals surface area contributed by atoms with Crippen molar-refractivity contribution in [1.29, 1.82) is 0 Å². The number of nitrogens with one attached hydrogen (secondary N) is 1. The highest BCUT2D eigenvalue weighted by atomic mass is 32.2. The molecule has 0 aromatic carbocycles. The third kappa shape index (κ3) is 3.37. The Labute approximate surface area is 114 Å². The van der Waals surface area contributed by atoms with Crippen LogP contribution in [0.15, 0.2) is 0 Å². The normalized spacial score (nSPS) is 16.8. The molecule has 0 spiro atoms. The predicted octanol–water partition coefficient (Wildman–Crippen LogP) is 3.70. The fourth-order valence-electron chi connectivity index (χ4n) is 2.42. The Bertz CT molecular complexity index is 400. The van der Waals surface area contributed by atoms with Crippen LogP contribution < -0.4 is 5.32 Å². The number of hydrogen-bond donors (Lipinski definition) is 1. The van der Waals surface area contributed by atoms with Crippen molar-refractivity contribution in [3.63, 3.8) is 0 Å². The molecule has 0 atom stereocenters. The fourth-order valence-corrected chi connectivity index (χ4v) is 3.60. The topological polar surface area (TPSA) is 37.8 Å². The summed E-state index contributed by atoms with van der Waals surface area (Å²) in [4.78, 5) is 9.19. The third-order valence-electron chi connectivity index (χ3n) is 3.67. The molecule has 2 rings (SSSR count). The number of nitrogens with zero attached hydrogens (tertiary/aromatic N) is 2. The molecule has 0 unspecified atom stereocenters. The van der Waals surface area contributed by atoms with E-state index in [1.54, 1.807) is 0 Å². The number of hydrogen-bond acceptors (Lipinski definition) is 4. The standard InChI is InChI=1S/C14H23N3S/c1-10-11(2)16-13(17-14(10)15-3)9-18-12-7-5-4-6-8-12/h12H,4-9H2,1-3H3,(H,15,16,17). The van der Waals surface area contributed by atoms with Gasteiger partial charge in [-0.05, 0) is 26.7 Å². The molecule has 1 fully saturated rings. The van der Waals surface area contributed by atoms with Gasteiger partial charge in [0, 0.05) is 23.6 Å². The number of anilines is 1. The summed E-state index contributed by atoms with van der Waals surface area (Å²) in [6.45, 7) is 4.13. The molecule has 18 heavy (non-hydrogen) atoms. The zero-order valence-corrected chi connectivity index (χ0v) is 12.4. The lowest BCUT2D eigenvalue weighted by Crippen LogP contribution is -2.10. The fraction of sp³-hybridized carbons (Fsp3) is 0.714. The zero-order chi connectivity index (χ0) is 13.0. The van der Waals surface area contributed by atoms with Crippen LogP contribution in [0, 0.1) is 13.8 Å². The number of thioether (sulfide) groups is 1. The van der Waals surface area contributed by atoms with Crippen LogP contribution in [0.4, 0.5) is 5.82 Å². The molecule has 3 nitrogen and oxygen atoms in total. The molecule has 0 aliphatic heterocycles. The van der Waals surface area contributed by atoms with Crippen molar-refractivity contribution >= 4 is 17.6 Å². The van der Waals surface area contributed by atoms with E-state index in [-0.39, 0.29) is 0 Å². The maximum absolute atomic E-state index is 4.59. The third-order valence-corrected chi connectivity index (χ3v) is 5.04. The van der Waals surface area contributed by atoms with Gasteiger partial charge in [0.15, 0.2) is 0 Å². The van der Waals surface area contributed by atoms with Gasteiger partial charge in [-0.1, -0.05) is 19.3 Å². The van der Waals surface area contributed by atoms with E-state index in [0.717, 1.165) is 33.9 Å². The quantitative estimate of drug-likeness (QED) is 0.900. The van der Waals surface area contributed by atoms with Gasteiger partial charge in [-0.25, -0.2) is 9.97 Å². The van der Waals surface area contributed by atoms with Gasteiger partial charge in [0.2, 0.25) is 0 Å². The average Bonchev–Trinajstić information content (AvgIpc) is 2.41. The lowest BCUT2D eigenvalue weighted by molar-refractivity contribution is 0.516. The van der Waals surface area contributed by atoms with E-state index in [9.17, 15) is 0 Å². The van der Waals surface area contributed by atoms with Crippen molar-refractivity contribution in [2.75, 3.05) is 12.4 Å². The van der Waals surface area contributed by atoms with Gasteiger partial charge >= 0.3 is 0 Å². The van der Waals surface area contributed by atoms with E-state index in [1.165, 1.54) is 32.1 Å². The Morgan fingerprint density at radius 3 is 2.56 bits per heavy atom. The molecule has 1 N–H and O–H groups in total. The van der Waals surface area contributed by atoms with Crippen molar-refractivity contribution in [2.45, 2.75) is 57.0 Å². The maximum Gasteiger partial charge on any atom is 0.140 e. The summed E-state index contributed by atoms with van der Waals surface area (Å²) in [5.74, 6) is 2.89.